The van der Waals surface area contributed by atoms with E-state index in [-0.39, 0.29) is 29.5 Å². The zero-order valence-corrected chi connectivity index (χ0v) is 14.4. The van der Waals surface area contributed by atoms with Crippen molar-refractivity contribution in [3.63, 3.8) is 0 Å². The van der Waals surface area contributed by atoms with E-state index in [1.165, 1.54) is 0 Å². The van der Waals surface area contributed by atoms with Crippen LogP contribution in [0.15, 0.2) is 0 Å². The summed E-state index contributed by atoms with van der Waals surface area (Å²) in [5, 5.41) is 0. The first-order valence-corrected chi connectivity index (χ1v) is 8.02. The van der Waals surface area contributed by atoms with E-state index in [4.69, 9.17) is 10.5 Å². The fourth-order valence-corrected chi connectivity index (χ4v) is 3.47. The number of piperidine rings is 1. The number of carbonyl (C=O) groups excluding carboxylic acids is 2. The number of hydrogen-bond acceptors (Lipinski definition) is 4. The van der Waals surface area contributed by atoms with Crippen molar-refractivity contribution in [1.82, 2.24) is 9.80 Å². The highest BCUT2D eigenvalue weighted by molar-refractivity contribution is 5.79. The number of hydrogen-bond donors (Lipinski definition) is 1. The minimum absolute atomic E-state index is 0.0628. The number of nitrogens with zero attached hydrogens (tertiary/aromatic N) is 2. The van der Waals surface area contributed by atoms with Crippen molar-refractivity contribution in [2.24, 2.45) is 11.1 Å². The Balaban J connectivity index is 2.03. The van der Waals surface area contributed by atoms with Crippen LogP contribution in [-0.4, -0.2) is 59.1 Å². The van der Waals surface area contributed by atoms with Crippen molar-refractivity contribution in [3.8, 4) is 0 Å². The summed E-state index contributed by atoms with van der Waals surface area (Å²) < 4.78 is 5.46. The van der Waals surface area contributed by atoms with Gasteiger partial charge < -0.3 is 20.3 Å². The smallest absolute Gasteiger partial charge is 0.410 e. The molecule has 2 N–H and O–H groups in total. The van der Waals surface area contributed by atoms with Gasteiger partial charge in [-0.2, -0.15) is 0 Å². The van der Waals surface area contributed by atoms with Gasteiger partial charge in [0.1, 0.15) is 5.60 Å². The third-order valence-electron chi connectivity index (χ3n) is 4.39. The van der Waals surface area contributed by atoms with E-state index in [2.05, 4.69) is 13.8 Å². The molecule has 6 nitrogen and oxygen atoms in total. The number of likely N-dealkylation sites (tertiary alicyclic amines) is 2. The maximum absolute atomic E-state index is 12.2. The molecule has 2 atom stereocenters. The van der Waals surface area contributed by atoms with Crippen LogP contribution >= 0.6 is 0 Å². The van der Waals surface area contributed by atoms with E-state index in [0.717, 1.165) is 6.42 Å². The number of nitrogens with two attached hydrogens (primary N) is 1. The Hall–Kier alpha value is -1.30. The summed E-state index contributed by atoms with van der Waals surface area (Å²) in [4.78, 5) is 28.0. The molecular weight excluding hydrogens is 282 g/mol. The highest BCUT2D eigenvalue weighted by Crippen LogP contribution is 2.35. The van der Waals surface area contributed by atoms with E-state index in [0.29, 0.717) is 26.1 Å². The number of rotatable bonds is 1. The normalized spacial score (nSPS) is 28.9. The van der Waals surface area contributed by atoms with Crippen LogP contribution in [0.2, 0.25) is 0 Å². The Bertz CT molecular complexity index is 456. The molecule has 2 saturated heterocycles. The maximum atomic E-state index is 12.2. The molecule has 0 saturated carbocycles. The van der Waals surface area contributed by atoms with Gasteiger partial charge in [-0.25, -0.2) is 4.79 Å². The SMILES string of the molecule is CC(C)(C)OC(=O)N1CCC(N2CC(N)CC2=O)C(C)(C)C1. The molecule has 2 unspecified atom stereocenters. The van der Waals surface area contributed by atoms with Gasteiger partial charge in [0.05, 0.1) is 0 Å². The topological polar surface area (TPSA) is 75.9 Å². The summed E-state index contributed by atoms with van der Waals surface area (Å²) in [5.74, 6) is 0.135. The molecule has 0 bridgehead atoms. The molecule has 2 amide bonds. The minimum Gasteiger partial charge on any atom is -0.444 e. The van der Waals surface area contributed by atoms with Crippen molar-refractivity contribution >= 4 is 12.0 Å². The molecule has 0 radical (unpaired) electrons. The fraction of sp³-hybridized carbons (Fsp3) is 0.875. The number of ether oxygens (including phenoxy) is 1. The van der Waals surface area contributed by atoms with Gasteiger partial charge >= 0.3 is 6.09 Å². The third kappa shape index (κ3) is 3.72. The van der Waals surface area contributed by atoms with Crippen molar-refractivity contribution in [2.75, 3.05) is 19.6 Å². The van der Waals surface area contributed by atoms with Crippen molar-refractivity contribution in [3.05, 3.63) is 0 Å². The number of amides is 2. The molecule has 6 heteroatoms. The summed E-state index contributed by atoms with van der Waals surface area (Å²) in [7, 11) is 0. The van der Waals surface area contributed by atoms with Crippen LogP contribution in [0.25, 0.3) is 0 Å². The molecule has 22 heavy (non-hydrogen) atoms. The lowest BCUT2D eigenvalue weighted by Gasteiger charge is -2.47. The van der Waals surface area contributed by atoms with Gasteiger partial charge in [-0.3, -0.25) is 4.79 Å². The molecule has 126 valence electrons. The Kier molecular flexibility index (Phi) is 4.44. The van der Waals surface area contributed by atoms with E-state index in [9.17, 15) is 9.59 Å². The molecule has 2 aliphatic rings. The molecular formula is C16H29N3O3. The molecule has 0 aromatic heterocycles. The Morgan fingerprint density at radius 3 is 2.45 bits per heavy atom. The Morgan fingerprint density at radius 2 is 2.00 bits per heavy atom. The largest absolute Gasteiger partial charge is 0.444 e. The molecule has 2 heterocycles. The first-order valence-electron chi connectivity index (χ1n) is 8.02. The molecule has 0 aliphatic carbocycles. The summed E-state index contributed by atoms with van der Waals surface area (Å²) >= 11 is 0. The van der Waals surface area contributed by atoms with E-state index in [1.807, 2.05) is 25.7 Å². The van der Waals surface area contributed by atoms with Gasteiger partial charge in [0.15, 0.2) is 0 Å². The van der Waals surface area contributed by atoms with Gasteiger partial charge in [-0.05, 0) is 27.2 Å². The zero-order chi connectivity index (χ0) is 16.7. The van der Waals surface area contributed by atoms with Gasteiger partial charge in [-0.1, -0.05) is 13.8 Å². The molecule has 2 aliphatic heterocycles. The molecule has 0 aromatic rings. The van der Waals surface area contributed by atoms with Crippen LogP contribution in [0.1, 0.15) is 47.5 Å². The predicted octanol–water partition coefficient (Wildman–Crippen LogP) is 1.58. The molecule has 0 aromatic carbocycles. The second-order valence-electron chi connectivity index (χ2n) is 8.21. The standard InChI is InChI=1S/C16H29N3O3/c1-15(2,3)22-14(21)18-7-6-12(16(4,5)10-18)19-9-11(17)8-13(19)20/h11-12H,6-10,17H2,1-5H3. The van der Waals surface area contributed by atoms with Crippen molar-refractivity contribution < 1.29 is 14.3 Å². The highest BCUT2D eigenvalue weighted by atomic mass is 16.6. The van der Waals surface area contributed by atoms with Crippen molar-refractivity contribution in [2.45, 2.75) is 65.1 Å². The van der Waals surface area contributed by atoms with Gasteiger partial charge in [-0.15, -0.1) is 0 Å². The maximum Gasteiger partial charge on any atom is 0.410 e. The zero-order valence-electron chi connectivity index (χ0n) is 14.4. The van der Waals surface area contributed by atoms with Gasteiger partial charge in [0.2, 0.25) is 5.91 Å². The van der Waals surface area contributed by atoms with Gasteiger partial charge in [0.25, 0.3) is 0 Å². The second kappa shape index (κ2) is 5.72. The molecule has 2 rings (SSSR count). The predicted molar refractivity (Wildman–Crippen MR) is 84.3 cm³/mol. The second-order valence-corrected chi connectivity index (χ2v) is 8.21. The summed E-state index contributed by atoms with van der Waals surface area (Å²) in [6.07, 6.45) is 0.927. The lowest BCUT2D eigenvalue weighted by molar-refractivity contribution is -0.133. The van der Waals surface area contributed by atoms with E-state index >= 15 is 0 Å². The first kappa shape index (κ1) is 17.1. The van der Waals surface area contributed by atoms with Gasteiger partial charge in [0, 0.05) is 43.6 Å². The van der Waals surface area contributed by atoms with Crippen LogP contribution in [0.4, 0.5) is 4.79 Å². The summed E-state index contributed by atoms with van der Waals surface area (Å²) in [5.41, 5.74) is 5.25. The van der Waals surface area contributed by atoms with E-state index in [1.54, 1.807) is 4.90 Å². The Labute approximate surface area is 132 Å². The summed E-state index contributed by atoms with van der Waals surface area (Å²) in [6.45, 7) is 11.6. The minimum atomic E-state index is -0.490. The fourth-order valence-electron chi connectivity index (χ4n) is 3.47. The monoisotopic (exact) mass is 311 g/mol. The van der Waals surface area contributed by atoms with Crippen LogP contribution in [0.3, 0.4) is 0 Å². The Morgan fingerprint density at radius 1 is 1.36 bits per heavy atom. The summed E-state index contributed by atoms with van der Waals surface area (Å²) in [6, 6.07) is 0.0689. The van der Waals surface area contributed by atoms with Crippen molar-refractivity contribution in [1.29, 1.82) is 0 Å². The highest BCUT2D eigenvalue weighted by Gasteiger charge is 2.45. The number of carbonyl (C=O) groups is 2. The van der Waals surface area contributed by atoms with E-state index < -0.39 is 5.60 Å². The van der Waals surface area contributed by atoms with Crippen LogP contribution in [-0.2, 0) is 9.53 Å². The lowest BCUT2D eigenvalue weighted by Crippen LogP contribution is -2.58. The van der Waals surface area contributed by atoms with Crippen LogP contribution < -0.4 is 5.73 Å². The van der Waals surface area contributed by atoms with Crippen LogP contribution in [0, 0.1) is 5.41 Å². The average molecular weight is 311 g/mol. The first-order chi connectivity index (χ1) is 9.99. The lowest BCUT2D eigenvalue weighted by atomic mass is 9.78. The average Bonchev–Trinajstić information content (AvgIpc) is 2.64. The van der Waals surface area contributed by atoms with Crippen LogP contribution in [0.5, 0.6) is 0 Å². The quantitative estimate of drug-likeness (QED) is 0.798. The third-order valence-corrected chi connectivity index (χ3v) is 4.39. The molecule has 0 spiro atoms. The molecule has 2 fully saturated rings.